The van der Waals surface area contributed by atoms with Crippen LogP contribution in [0.25, 0.3) is 11.3 Å². The molecule has 0 spiro atoms. The number of aromatic nitrogens is 1. The fourth-order valence-corrected chi connectivity index (χ4v) is 4.47. The van der Waals surface area contributed by atoms with Crippen molar-refractivity contribution in [2.24, 2.45) is 16.9 Å². The van der Waals surface area contributed by atoms with Crippen molar-refractivity contribution in [1.82, 2.24) is 4.98 Å². The van der Waals surface area contributed by atoms with Gasteiger partial charge in [0.05, 0.1) is 5.69 Å². The molecule has 1 aliphatic rings. The Morgan fingerprint density at radius 3 is 2.30 bits per heavy atom. The molecule has 0 aliphatic heterocycles. The summed E-state index contributed by atoms with van der Waals surface area (Å²) in [5.41, 5.74) is 17.2. The summed E-state index contributed by atoms with van der Waals surface area (Å²) in [5, 5.41) is 0.695. The van der Waals surface area contributed by atoms with E-state index in [9.17, 15) is 9.59 Å². The first-order valence-electron chi connectivity index (χ1n) is 10.7. The van der Waals surface area contributed by atoms with Crippen LogP contribution in [0.1, 0.15) is 41.3 Å². The Balaban J connectivity index is 0.00000306. The van der Waals surface area contributed by atoms with Gasteiger partial charge in [0.2, 0.25) is 11.8 Å². The molecule has 4 N–H and O–H groups in total. The van der Waals surface area contributed by atoms with Crippen molar-refractivity contribution in [3.63, 3.8) is 0 Å². The third-order valence-corrected chi connectivity index (χ3v) is 6.56. The van der Waals surface area contributed by atoms with E-state index in [1.54, 1.807) is 0 Å². The minimum Gasteiger partial charge on any atom is -0.369 e. The molecule has 7 heteroatoms. The second kappa shape index (κ2) is 9.94. The molecule has 172 valence electrons. The molecule has 0 radical (unpaired) electrons. The number of amides is 2. The maximum absolute atomic E-state index is 11.8. The fourth-order valence-electron chi connectivity index (χ4n) is 4.28. The number of nitrogens with zero attached hydrogens (tertiary/aromatic N) is 1. The van der Waals surface area contributed by atoms with Crippen LogP contribution in [0.5, 0.6) is 0 Å². The number of rotatable bonds is 7. The van der Waals surface area contributed by atoms with Crippen LogP contribution < -0.4 is 11.5 Å². The van der Waals surface area contributed by atoms with Gasteiger partial charge in [-0.25, -0.2) is 0 Å². The first kappa shape index (κ1) is 24.7. The molecule has 0 bridgehead atoms. The topological polar surface area (TPSA) is 99.1 Å². The van der Waals surface area contributed by atoms with Crippen LogP contribution in [0.3, 0.4) is 0 Å². The molecule has 2 amide bonds. The molecule has 5 nitrogen and oxygen atoms in total. The first-order chi connectivity index (χ1) is 15.3. The number of halogens is 2. The van der Waals surface area contributed by atoms with Gasteiger partial charge >= 0.3 is 0 Å². The summed E-state index contributed by atoms with van der Waals surface area (Å²) in [7, 11) is 0. The summed E-state index contributed by atoms with van der Waals surface area (Å²) in [6, 6.07) is 17.9. The Morgan fingerprint density at radius 2 is 1.67 bits per heavy atom. The average Bonchev–Trinajstić information content (AvgIpc) is 3.24. The minimum atomic E-state index is -1.40. The second-order valence-electron chi connectivity index (χ2n) is 8.69. The molecular weight excluding hydrogens is 457 g/mol. The van der Waals surface area contributed by atoms with Gasteiger partial charge in [0.15, 0.2) is 0 Å². The van der Waals surface area contributed by atoms with E-state index in [1.807, 2.05) is 48.5 Å². The fraction of sp³-hybridized carbons (Fsp3) is 0.269. The molecule has 1 aliphatic carbocycles. The summed E-state index contributed by atoms with van der Waals surface area (Å²) in [4.78, 5) is 28.4. The number of primary amides is 2. The van der Waals surface area contributed by atoms with E-state index in [1.165, 1.54) is 23.7 Å². The maximum atomic E-state index is 11.8. The van der Waals surface area contributed by atoms with Crippen molar-refractivity contribution >= 4 is 35.8 Å². The monoisotopic (exact) mass is 483 g/mol. The highest BCUT2D eigenvalue weighted by atomic mass is 35.5. The van der Waals surface area contributed by atoms with Crippen LogP contribution in [-0.4, -0.2) is 16.8 Å². The Morgan fingerprint density at radius 1 is 1.00 bits per heavy atom. The van der Waals surface area contributed by atoms with Gasteiger partial charge in [-0.05, 0) is 79.5 Å². The average molecular weight is 484 g/mol. The van der Waals surface area contributed by atoms with Crippen LogP contribution in [0, 0.1) is 5.41 Å². The van der Waals surface area contributed by atoms with E-state index < -0.39 is 17.2 Å². The number of benzene rings is 2. The maximum Gasteiger partial charge on any atom is 0.233 e. The van der Waals surface area contributed by atoms with E-state index >= 15 is 0 Å². The van der Waals surface area contributed by atoms with E-state index in [0.29, 0.717) is 5.02 Å². The predicted molar refractivity (Wildman–Crippen MR) is 133 cm³/mol. The first-order valence-corrected chi connectivity index (χ1v) is 11.1. The van der Waals surface area contributed by atoms with Crippen LogP contribution in [0.2, 0.25) is 5.02 Å². The van der Waals surface area contributed by atoms with Gasteiger partial charge in [-0.2, -0.15) is 0 Å². The molecule has 0 unspecified atom stereocenters. The SMILES string of the molecule is CC(Cc1ccc(Cc2cc(-c3cccc(Cl)c3)nc3c2CCC3)cc1)(C(N)=O)C(N)=O.Cl. The van der Waals surface area contributed by atoms with Gasteiger partial charge in [0.25, 0.3) is 0 Å². The molecule has 0 saturated heterocycles. The lowest BCUT2D eigenvalue weighted by Crippen LogP contribution is -2.46. The molecule has 4 rings (SSSR count). The second-order valence-corrected chi connectivity index (χ2v) is 9.12. The summed E-state index contributed by atoms with van der Waals surface area (Å²) < 4.78 is 0. The Bertz CT molecular complexity index is 1180. The molecule has 3 aromatic rings. The number of carbonyl (C=O) groups is 2. The summed E-state index contributed by atoms with van der Waals surface area (Å²) >= 11 is 6.20. The number of fused-ring (bicyclic) bond motifs is 1. The molecule has 0 atom stereocenters. The Kier molecular flexibility index (Phi) is 7.45. The Labute approximate surface area is 205 Å². The van der Waals surface area contributed by atoms with Crippen molar-refractivity contribution < 1.29 is 9.59 Å². The predicted octanol–water partition coefficient (Wildman–Crippen LogP) is 4.42. The van der Waals surface area contributed by atoms with Gasteiger partial charge < -0.3 is 11.5 Å². The number of pyridine rings is 1. The number of hydrogen-bond donors (Lipinski definition) is 2. The highest BCUT2D eigenvalue weighted by Crippen LogP contribution is 2.31. The highest BCUT2D eigenvalue weighted by molar-refractivity contribution is 6.30. The van der Waals surface area contributed by atoms with Gasteiger partial charge in [0.1, 0.15) is 5.41 Å². The van der Waals surface area contributed by atoms with Crippen LogP contribution >= 0.6 is 24.0 Å². The molecule has 1 heterocycles. The number of carbonyl (C=O) groups excluding carboxylic acids is 2. The third kappa shape index (κ3) is 5.21. The van der Waals surface area contributed by atoms with Crippen molar-refractivity contribution in [3.05, 3.63) is 87.6 Å². The normalized spacial score (nSPS) is 12.7. The van der Waals surface area contributed by atoms with Crippen molar-refractivity contribution in [2.45, 2.75) is 39.0 Å². The zero-order valence-corrected chi connectivity index (χ0v) is 20.0. The number of hydrogen-bond acceptors (Lipinski definition) is 3. The molecule has 33 heavy (non-hydrogen) atoms. The lowest BCUT2D eigenvalue weighted by molar-refractivity contribution is -0.138. The van der Waals surface area contributed by atoms with E-state index in [2.05, 4.69) is 6.07 Å². The quantitative estimate of drug-likeness (QED) is 0.486. The molecular formula is C26H27Cl2N3O2. The summed E-state index contributed by atoms with van der Waals surface area (Å²) in [6.45, 7) is 1.49. The summed E-state index contributed by atoms with van der Waals surface area (Å²) in [6.07, 6.45) is 4.12. The number of aryl methyl sites for hydroxylation is 1. The largest absolute Gasteiger partial charge is 0.369 e. The van der Waals surface area contributed by atoms with Crippen LogP contribution in [0.15, 0.2) is 54.6 Å². The lowest BCUT2D eigenvalue weighted by atomic mass is 9.82. The number of nitrogens with two attached hydrogens (primary N) is 2. The van der Waals surface area contributed by atoms with Crippen LogP contribution in [-0.2, 0) is 35.3 Å². The van der Waals surface area contributed by atoms with Crippen molar-refractivity contribution in [2.75, 3.05) is 0 Å². The lowest BCUT2D eigenvalue weighted by Gasteiger charge is -2.22. The molecule has 0 fully saturated rings. The molecule has 1 aromatic heterocycles. The van der Waals surface area contributed by atoms with Crippen LogP contribution in [0.4, 0.5) is 0 Å². The van der Waals surface area contributed by atoms with Crippen molar-refractivity contribution in [1.29, 1.82) is 0 Å². The highest BCUT2D eigenvalue weighted by Gasteiger charge is 2.37. The molecule has 0 saturated carbocycles. The van der Waals surface area contributed by atoms with Gasteiger partial charge in [-0.1, -0.05) is 48.0 Å². The zero-order chi connectivity index (χ0) is 22.9. The standard InChI is InChI=1S/C26H26ClN3O2.ClH/c1-26(24(28)31,25(29)32)15-17-10-8-16(9-11-17)12-19-14-23(18-4-2-5-20(27)13-18)30-22-7-3-6-21(19)22;/h2,4-5,8-11,13-14H,3,6-7,12,15H2,1H3,(H2,28,31)(H2,29,32);1H. The smallest absolute Gasteiger partial charge is 0.233 e. The van der Waals surface area contributed by atoms with E-state index in [4.69, 9.17) is 28.1 Å². The third-order valence-electron chi connectivity index (χ3n) is 6.33. The van der Waals surface area contributed by atoms with Gasteiger partial charge in [0, 0.05) is 16.3 Å². The summed E-state index contributed by atoms with van der Waals surface area (Å²) in [5.74, 6) is -1.43. The van der Waals surface area contributed by atoms with E-state index in [0.717, 1.165) is 48.1 Å². The van der Waals surface area contributed by atoms with E-state index in [-0.39, 0.29) is 18.8 Å². The zero-order valence-electron chi connectivity index (χ0n) is 18.4. The van der Waals surface area contributed by atoms with Gasteiger partial charge in [-0.3, -0.25) is 14.6 Å². The Hall–Kier alpha value is -2.89. The van der Waals surface area contributed by atoms with Gasteiger partial charge in [-0.15, -0.1) is 12.4 Å². The molecule has 2 aromatic carbocycles. The minimum absolute atomic E-state index is 0. The van der Waals surface area contributed by atoms with Crippen molar-refractivity contribution in [3.8, 4) is 11.3 Å².